The number of rotatable bonds is 6. The van der Waals surface area contributed by atoms with Gasteiger partial charge in [-0.3, -0.25) is 9.59 Å². The van der Waals surface area contributed by atoms with Gasteiger partial charge in [0.15, 0.2) is 0 Å². The first-order chi connectivity index (χ1) is 12.2. The highest BCUT2D eigenvalue weighted by Gasteiger charge is 2.22. The molecule has 7 heteroatoms. The monoisotopic (exact) mass is 345 g/mol. The lowest BCUT2D eigenvalue weighted by molar-refractivity contribution is -0.133. The molecular weight excluding hydrogens is 318 g/mol. The molecule has 0 spiro atoms. The third-order valence-electron chi connectivity index (χ3n) is 4.95. The van der Waals surface area contributed by atoms with E-state index in [1.165, 1.54) is 0 Å². The zero-order chi connectivity index (χ0) is 17.6. The second-order valence-electron chi connectivity index (χ2n) is 6.64. The highest BCUT2D eigenvalue weighted by atomic mass is 16.2. The summed E-state index contributed by atoms with van der Waals surface area (Å²) in [6.07, 6.45) is 3.23. The van der Waals surface area contributed by atoms with E-state index in [-0.39, 0.29) is 18.4 Å². The van der Waals surface area contributed by atoms with Gasteiger partial charge in [-0.2, -0.15) is 0 Å². The Labute approximate surface area is 149 Å². The predicted octanol–water partition coefficient (Wildman–Crippen LogP) is 0.462. The summed E-state index contributed by atoms with van der Waals surface area (Å²) >= 11 is 0. The van der Waals surface area contributed by atoms with Crippen LogP contribution < -0.4 is 10.2 Å². The Balaban J connectivity index is 1.44. The third kappa shape index (κ3) is 4.69. The molecule has 0 atom stereocenters. The Morgan fingerprint density at radius 3 is 2.60 bits per heavy atom. The molecule has 3 heterocycles. The molecule has 0 aromatic carbocycles. The minimum Gasteiger partial charge on any atom is -0.354 e. The van der Waals surface area contributed by atoms with Crippen LogP contribution in [-0.4, -0.2) is 72.4 Å². The molecule has 2 amide bonds. The van der Waals surface area contributed by atoms with Crippen molar-refractivity contribution in [3.63, 3.8) is 0 Å². The summed E-state index contributed by atoms with van der Waals surface area (Å²) in [6.45, 7) is 8.73. The number of hydrogen-bond donors (Lipinski definition) is 1. The fourth-order valence-electron chi connectivity index (χ4n) is 3.30. The number of likely N-dealkylation sites (tertiary alicyclic amines) is 1. The van der Waals surface area contributed by atoms with Crippen LogP contribution in [0.4, 0.5) is 5.82 Å². The molecule has 0 bridgehead atoms. The van der Waals surface area contributed by atoms with E-state index in [1.807, 2.05) is 18.3 Å². The molecule has 25 heavy (non-hydrogen) atoms. The lowest BCUT2D eigenvalue weighted by atomic mass is 10.2. The van der Waals surface area contributed by atoms with Gasteiger partial charge in [-0.05, 0) is 24.6 Å². The normalized spacial score (nSPS) is 18.7. The molecular formula is C18H27N5O2. The number of likely N-dealkylation sites (N-methyl/N-ethyl adjacent to an activating group) is 1. The van der Waals surface area contributed by atoms with Crippen LogP contribution in [-0.2, 0) is 16.1 Å². The minimum atomic E-state index is -0.116. The van der Waals surface area contributed by atoms with Crippen LogP contribution in [0.2, 0.25) is 0 Å². The lowest BCUT2D eigenvalue weighted by Crippen LogP contribution is -2.46. The molecule has 1 N–H and O–H groups in total. The number of hydrogen-bond acceptors (Lipinski definition) is 5. The maximum absolute atomic E-state index is 12.0. The Morgan fingerprint density at radius 2 is 2.00 bits per heavy atom. The number of amides is 2. The molecule has 3 rings (SSSR count). The van der Waals surface area contributed by atoms with Crippen molar-refractivity contribution in [3.05, 3.63) is 23.9 Å². The van der Waals surface area contributed by atoms with Crippen molar-refractivity contribution in [2.45, 2.75) is 26.3 Å². The number of nitrogens with one attached hydrogen (secondary N) is 1. The van der Waals surface area contributed by atoms with Gasteiger partial charge < -0.3 is 20.0 Å². The fourth-order valence-corrected chi connectivity index (χ4v) is 3.30. The molecule has 2 aliphatic heterocycles. The van der Waals surface area contributed by atoms with Crippen molar-refractivity contribution in [2.24, 2.45) is 0 Å². The van der Waals surface area contributed by atoms with Gasteiger partial charge in [0.25, 0.3) is 0 Å². The van der Waals surface area contributed by atoms with E-state index in [0.29, 0.717) is 19.5 Å². The van der Waals surface area contributed by atoms with E-state index in [4.69, 9.17) is 0 Å². The molecule has 1 aromatic rings. The standard InChI is InChI=1S/C18H27N5O2/c1-2-21-8-10-22(11-9-21)16-6-5-15(12-19-16)13-20-17(24)14-23-7-3-4-18(23)25/h5-6,12H,2-4,7-11,13-14H2,1H3,(H,20,24). The van der Waals surface area contributed by atoms with E-state index < -0.39 is 0 Å². The van der Waals surface area contributed by atoms with E-state index >= 15 is 0 Å². The number of nitrogens with zero attached hydrogens (tertiary/aromatic N) is 4. The van der Waals surface area contributed by atoms with Crippen LogP contribution >= 0.6 is 0 Å². The highest BCUT2D eigenvalue weighted by Crippen LogP contribution is 2.14. The number of carbonyl (C=O) groups is 2. The predicted molar refractivity (Wildman–Crippen MR) is 96.2 cm³/mol. The molecule has 2 fully saturated rings. The van der Waals surface area contributed by atoms with Gasteiger partial charge in [0.2, 0.25) is 11.8 Å². The molecule has 7 nitrogen and oxygen atoms in total. The van der Waals surface area contributed by atoms with Crippen LogP contribution in [0, 0.1) is 0 Å². The zero-order valence-corrected chi connectivity index (χ0v) is 14.9. The molecule has 0 aliphatic carbocycles. The minimum absolute atomic E-state index is 0.0735. The van der Waals surface area contributed by atoms with Crippen molar-refractivity contribution in [1.82, 2.24) is 20.1 Å². The first-order valence-electron chi connectivity index (χ1n) is 9.12. The lowest BCUT2D eigenvalue weighted by Gasteiger charge is -2.34. The highest BCUT2D eigenvalue weighted by molar-refractivity contribution is 5.85. The van der Waals surface area contributed by atoms with Crippen LogP contribution in [0.5, 0.6) is 0 Å². The van der Waals surface area contributed by atoms with Crippen molar-refractivity contribution in [3.8, 4) is 0 Å². The summed E-state index contributed by atoms with van der Waals surface area (Å²) in [5.74, 6) is 0.952. The van der Waals surface area contributed by atoms with Crippen molar-refractivity contribution >= 4 is 17.6 Å². The smallest absolute Gasteiger partial charge is 0.239 e. The summed E-state index contributed by atoms with van der Waals surface area (Å²) in [4.78, 5) is 34.4. The van der Waals surface area contributed by atoms with E-state index in [0.717, 1.165) is 50.5 Å². The van der Waals surface area contributed by atoms with Gasteiger partial charge in [-0.15, -0.1) is 0 Å². The Kier molecular flexibility index (Phi) is 5.86. The van der Waals surface area contributed by atoms with Crippen LogP contribution in [0.15, 0.2) is 18.3 Å². The molecule has 136 valence electrons. The molecule has 0 saturated carbocycles. The Bertz CT molecular complexity index is 596. The molecule has 2 saturated heterocycles. The van der Waals surface area contributed by atoms with Crippen molar-refractivity contribution in [2.75, 3.05) is 50.7 Å². The average molecular weight is 345 g/mol. The van der Waals surface area contributed by atoms with Crippen molar-refractivity contribution < 1.29 is 9.59 Å². The maximum Gasteiger partial charge on any atom is 0.239 e. The molecule has 0 radical (unpaired) electrons. The SMILES string of the molecule is CCN1CCN(c2ccc(CNC(=O)CN3CCCC3=O)cn2)CC1. The van der Waals surface area contributed by atoms with E-state index in [9.17, 15) is 9.59 Å². The van der Waals surface area contributed by atoms with Gasteiger partial charge in [-0.1, -0.05) is 13.0 Å². The Morgan fingerprint density at radius 1 is 1.20 bits per heavy atom. The third-order valence-corrected chi connectivity index (χ3v) is 4.95. The molecule has 2 aliphatic rings. The fraction of sp³-hybridized carbons (Fsp3) is 0.611. The second kappa shape index (κ2) is 8.29. The number of aromatic nitrogens is 1. The van der Waals surface area contributed by atoms with Gasteiger partial charge in [0.1, 0.15) is 5.82 Å². The second-order valence-corrected chi connectivity index (χ2v) is 6.64. The Hall–Kier alpha value is -2.15. The number of carbonyl (C=O) groups excluding carboxylic acids is 2. The summed E-state index contributed by atoms with van der Waals surface area (Å²) in [5, 5.41) is 2.87. The van der Waals surface area contributed by atoms with Crippen LogP contribution in [0.1, 0.15) is 25.3 Å². The van der Waals surface area contributed by atoms with Gasteiger partial charge in [0, 0.05) is 51.9 Å². The maximum atomic E-state index is 12.0. The van der Waals surface area contributed by atoms with Crippen LogP contribution in [0.25, 0.3) is 0 Å². The van der Waals surface area contributed by atoms with Gasteiger partial charge in [-0.25, -0.2) is 4.98 Å². The quantitative estimate of drug-likeness (QED) is 0.811. The van der Waals surface area contributed by atoms with Gasteiger partial charge >= 0.3 is 0 Å². The summed E-state index contributed by atoms with van der Waals surface area (Å²) in [6, 6.07) is 4.03. The first-order valence-corrected chi connectivity index (χ1v) is 9.12. The zero-order valence-electron chi connectivity index (χ0n) is 14.9. The van der Waals surface area contributed by atoms with Gasteiger partial charge in [0.05, 0.1) is 6.54 Å². The average Bonchev–Trinajstić information content (AvgIpc) is 3.05. The summed E-state index contributed by atoms with van der Waals surface area (Å²) < 4.78 is 0. The molecule has 0 unspecified atom stereocenters. The topological polar surface area (TPSA) is 68.8 Å². The van der Waals surface area contributed by atoms with Crippen LogP contribution in [0.3, 0.4) is 0 Å². The number of pyridine rings is 1. The summed E-state index contributed by atoms with van der Waals surface area (Å²) in [5.41, 5.74) is 0.969. The number of piperazine rings is 1. The molecule has 1 aromatic heterocycles. The number of anilines is 1. The first kappa shape index (κ1) is 17.7. The largest absolute Gasteiger partial charge is 0.354 e. The van der Waals surface area contributed by atoms with Crippen molar-refractivity contribution in [1.29, 1.82) is 0 Å². The van der Waals surface area contributed by atoms with E-state index in [2.05, 4.69) is 27.0 Å². The summed E-state index contributed by atoms with van der Waals surface area (Å²) in [7, 11) is 0. The van der Waals surface area contributed by atoms with E-state index in [1.54, 1.807) is 4.90 Å².